The lowest BCUT2D eigenvalue weighted by atomic mass is 10.1. The number of carbonyl (C=O) groups excluding carboxylic acids is 1. The molecule has 21 heavy (non-hydrogen) atoms. The van der Waals surface area contributed by atoms with Crippen LogP contribution in [0.4, 0.5) is 18.9 Å². The number of amides is 1. The Bertz CT molecular complexity index is 658. The zero-order valence-electron chi connectivity index (χ0n) is 10.8. The SMILES string of the molecule is NC(=O)[C@@H]1CCN(c2ccccc2S(=O)(=O)C(F)(F)F)C1. The van der Waals surface area contributed by atoms with Gasteiger partial charge in [0.25, 0.3) is 9.84 Å². The Labute approximate surface area is 119 Å². The lowest BCUT2D eigenvalue weighted by Gasteiger charge is -2.22. The van der Waals surface area contributed by atoms with E-state index < -0.39 is 32.1 Å². The van der Waals surface area contributed by atoms with Gasteiger partial charge in [0.15, 0.2) is 0 Å². The van der Waals surface area contributed by atoms with Crippen molar-refractivity contribution in [2.75, 3.05) is 18.0 Å². The van der Waals surface area contributed by atoms with Gasteiger partial charge in [-0.05, 0) is 18.6 Å². The smallest absolute Gasteiger partial charge is 0.370 e. The number of benzene rings is 1. The quantitative estimate of drug-likeness (QED) is 0.909. The van der Waals surface area contributed by atoms with Crippen LogP contribution < -0.4 is 10.6 Å². The van der Waals surface area contributed by atoms with Gasteiger partial charge in [0.05, 0.1) is 16.5 Å². The summed E-state index contributed by atoms with van der Waals surface area (Å²) in [6.07, 6.45) is 0.385. The number of rotatable bonds is 3. The highest BCUT2D eigenvalue weighted by atomic mass is 32.2. The second-order valence-corrected chi connectivity index (χ2v) is 6.66. The summed E-state index contributed by atoms with van der Waals surface area (Å²) in [6, 6.07) is 4.88. The van der Waals surface area contributed by atoms with Gasteiger partial charge in [-0.15, -0.1) is 0 Å². The number of para-hydroxylation sites is 1. The molecule has 0 aliphatic carbocycles. The first-order valence-electron chi connectivity index (χ1n) is 6.09. The molecular weight excluding hydrogens is 309 g/mol. The maximum Gasteiger partial charge on any atom is 0.501 e. The molecule has 5 nitrogen and oxygen atoms in total. The van der Waals surface area contributed by atoms with Crippen LogP contribution in [0.1, 0.15) is 6.42 Å². The van der Waals surface area contributed by atoms with Crippen LogP contribution in [0.25, 0.3) is 0 Å². The van der Waals surface area contributed by atoms with Crippen LogP contribution in [0.5, 0.6) is 0 Å². The number of nitrogens with two attached hydrogens (primary N) is 1. The average molecular weight is 322 g/mol. The predicted octanol–water partition coefficient (Wildman–Crippen LogP) is 1.29. The number of halogens is 3. The fourth-order valence-electron chi connectivity index (χ4n) is 2.28. The van der Waals surface area contributed by atoms with Crippen LogP contribution in [-0.4, -0.2) is 32.9 Å². The first-order valence-corrected chi connectivity index (χ1v) is 7.57. The van der Waals surface area contributed by atoms with Crippen molar-refractivity contribution in [3.05, 3.63) is 24.3 Å². The van der Waals surface area contributed by atoms with Gasteiger partial charge in [0.2, 0.25) is 5.91 Å². The molecule has 0 unspecified atom stereocenters. The summed E-state index contributed by atoms with van der Waals surface area (Å²) in [5, 5.41) is 0. The molecule has 1 aliphatic rings. The molecule has 1 aliphatic heterocycles. The van der Waals surface area contributed by atoms with Crippen LogP contribution in [-0.2, 0) is 14.6 Å². The Balaban J connectivity index is 2.42. The second kappa shape index (κ2) is 5.21. The Morgan fingerprint density at radius 3 is 2.43 bits per heavy atom. The van der Waals surface area contributed by atoms with Crippen molar-refractivity contribution in [1.29, 1.82) is 0 Å². The molecule has 0 radical (unpaired) electrons. The van der Waals surface area contributed by atoms with E-state index in [1.54, 1.807) is 0 Å². The largest absolute Gasteiger partial charge is 0.501 e. The lowest BCUT2D eigenvalue weighted by molar-refractivity contribution is -0.121. The van der Waals surface area contributed by atoms with E-state index >= 15 is 0 Å². The first kappa shape index (κ1) is 15.6. The third-order valence-corrected chi connectivity index (χ3v) is 4.92. The van der Waals surface area contributed by atoms with Crippen molar-refractivity contribution in [2.24, 2.45) is 11.7 Å². The van der Waals surface area contributed by atoms with E-state index in [-0.39, 0.29) is 18.8 Å². The van der Waals surface area contributed by atoms with Crippen LogP contribution >= 0.6 is 0 Å². The summed E-state index contributed by atoms with van der Waals surface area (Å²) < 4.78 is 61.3. The zero-order valence-corrected chi connectivity index (χ0v) is 11.6. The molecule has 1 amide bonds. The molecule has 1 fully saturated rings. The van der Waals surface area contributed by atoms with Gasteiger partial charge in [0, 0.05) is 13.1 Å². The third kappa shape index (κ3) is 2.82. The van der Waals surface area contributed by atoms with Crippen LogP contribution in [0, 0.1) is 5.92 Å². The topological polar surface area (TPSA) is 80.5 Å². The van der Waals surface area contributed by atoms with Gasteiger partial charge in [0.1, 0.15) is 0 Å². The van der Waals surface area contributed by atoms with Crippen molar-refractivity contribution in [1.82, 2.24) is 0 Å². The molecule has 1 aromatic carbocycles. The number of anilines is 1. The summed E-state index contributed by atoms with van der Waals surface area (Å²) in [7, 11) is -5.44. The van der Waals surface area contributed by atoms with Gasteiger partial charge in [-0.3, -0.25) is 4.79 Å². The highest BCUT2D eigenvalue weighted by Crippen LogP contribution is 2.37. The van der Waals surface area contributed by atoms with Gasteiger partial charge < -0.3 is 10.6 Å². The van der Waals surface area contributed by atoms with E-state index in [1.807, 2.05) is 0 Å². The van der Waals surface area contributed by atoms with E-state index in [1.165, 1.54) is 23.1 Å². The molecular formula is C12H13F3N2O3S. The first-order chi connectivity index (χ1) is 9.64. The molecule has 0 aromatic heterocycles. The molecule has 2 rings (SSSR count). The maximum absolute atomic E-state index is 12.7. The number of hydrogen-bond acceptors (Lipinski definition) is 4. The average Bonchev–Trinajstić information content (AvgIpc) is 2.87. The second-order valence-electron chi connectivity index (χ2n) is 4.75. The minimum Gasteiger partial charge on any atom is -0.370 e. The monoisotopic (exact) mass is 322 g/mol. The normalized spacial score (nSPS) is 19.8. The van der Waals surface area contributed by atoms with E-state index in [0.29, 0.717) is 6.42 Å². The van der Waals surface area contributed by atoms with Crippen molar-refractivity contribution in [2.45, 2.75) is 16.8 Å². The summed E-state index contributed by atoms with van der Waals surface area (Å²) in [4.78, 5) is 11.8. The van der Waals surface area contributed by atoms with E-state index in [2.05, 4.69) is 0 Å². The molecule has 2 N–H and O–H groups in total. The summed E-state index contributed by atoms with van der Waals surface area (Å²) in [6.45, 7) is 0.387. The molecule has 1 aromatic rings. The molecule has 0 spiro atoms. The fourth-order valence-corrected chi connectivity index (χ4v) is 3.26. The molecule has 1 atom stereocenters. The van der Waals surface area contributed by atoms with Crippen molar-refractivity contribution < 1.29 is 26.4 Å². The highest BCUT2D eigenvalue weighted by molar-refractivity contribution is 7.92. The molecule has 1 heterocycles. The van der Waals surface area contributed by atoms with Crippen LogP contribution in [0.15, 0.2) is 29.2 Å². The van der Waals surface area contributed by atoms with E-state index in [0.717, 1.165) is 6.07 Å². The van der Waals surface area contributed by atoms with Crippen molar-refractivity contribution in [3.8, 4) is 0 Å². The molecule has 0 saturated carbocycles. The number of alkyl halides is 3. The standard InChI is InChI=1S/C12H13F3N2O3S/c13-12(14,15)21(19,20)10-4-2-1-3-9(10)17-6-5-8(7-17)11(16)18/h1-4,8H,5-7H2,(H2,16,18)/t8-/m1/s1. The maximum atomic E-state index is 12.7. The third-order valence-electron chi connectivity index (χ3n) is 3.39. The minimum absolute atomic E-state index is 0.0569. The fraction of sp³-hybridized carbons (Fsp3) is 0.417. The van der Waals surface area contributed by atoms with Crippen molar-refractivity contribution >= 4 is 21.4 Å². The van der Waals surface area contributed by atoms with Crippen LogP contribution in [0.3, 0.4) is 0 Å². The van der Waals surface area contributed by atoms with Gasteiger partial charge in [-0.2, -0.15) is 13.2 Å². The highest BCUT2D eigenvalue weighted by Gasteiger charge is 2.48. The van der Waals surface area contributed by atoms with E-state index in [4.69, 9.17) is 5.73 Å². The minimum atomic E-state index is -5.44. The zero-order chi connectivity index (χ0) is 15.8. The Morgan fingerprint density at radius 1 is 1.29 bits per heavy atom. The van der Waals surface area contributed by atoms with Gasteiger partial charge in [-0.25, -0.2) is 8.42 Å². The van der Waals surface area contributed by atoms with Crippen LogP contribution in [0.2, 0.25) is 0 Å². The molecule has 0 bridgehead atoms. The van der Waals surface area contributed by atoms with Gasteiger partial charge >= 0.3 is 5.51 Å². The number of hydrogen-bond donors (Lipinski definition) is 1. The van der Waals surface area contributed by atoms with Gasteiger partial charge in [-0.1, -0.05) is 12.1 Å². The Kier molecular flexibility index (Phi) is 3.87. The number of carbonyl (C=O) groups is 1. The predicted molar refractivity (Wildman–Crippen MR) is 69.2 cm³/mol. The summed E-state index contributed by atoms with van der Waals surface area (Å²) in [5.74, 6) is -1.04. The van der Waals surface area contributed by atoms with E-state index in [9.17, 15) is 26.4 Å². The number of sulfone groups is 1. The Hall–Kier alpha value is -1.77. The summed E-state index contributed by atoms with van der Waals surface area (Å²) in [5.41, 5.74) is -0.259. The molecule has 1 saturated heterocycles. The van der Waals surface area contributed by atoms with Crippen molar-refractivity contribution in [3.63, 3.8) is 0 Å². The number of primary amides is 1. The Morgan fingerprint density at radius 2 is 1.90 bits per heavy atom. The molecule has 9 heteroatoms. The lowest BCUT2D eigenvalue weighted by Crippen LogP contribution is -2.30. The molecule has 116 valence electrons. The summed E-state index contributed by atoms with van der Waals surface area (Å²) >= 11 is 0. The number of nitrogens with zero attached hydrogens (tertiary/aromatic N) is 1.